The topological polar surface area (TPSA) is 127 Å². The van der Waals surface area contributed by atoms with Crippen LogP contribution in [0.25, 0.3) is 0 Å². The summed E-state index contributed by atoms with van der Waals surface area (Å²) in [5.74, 6) is 0.453. The molecule has 36 heavy (non-hydrogen) atoms. The number of carbonyl (C=O) groups is 3. The van der Waals surface area contributed by atoms with Gasteiger partial charge in [-0.15, -0.1) is 0 Å². The van der Waals surface area contributed by atoms with E-state index in [1.165, 1.54) is 0 Å². The zero-order valence-electron chi connectivity index (χ0n) is 22.9. The molecule has 3 aliphatic heterocycles. The maximum absolute atomic E-state index is 13.3. The van der Waals surface area contributed by atoms with Gasteiger partial charge in [-0.3, -0.25) is 19.9 Å². The standard InChI is InChI=1S/C22H36N6O2.C5H10O/c1-14(2)17-8-10-28-13-26-19(24-3)6-4-5-15-7-9-25-21(29)18(15)11-16(12-23)27-22(30)20(17)28;1-5(2,3)4-6/h13-20,24H,4-11H2,1-3H3,(H,25,29)(H,27,30);4H,1-3H3/b26-13+;/t15-,16?,17+,18?,19+,20?;/m0./s1. The fourth-order valence-corrected chi connectivity index (χ4v) is 5.27. The molecule has 3 aliphatic rings. The molecule has 0 bridgehead atoms. The molecule has 0 aromatic heterocycles. The van der Waals surface area contributed by atoms with E-state index in [0.29, 0.717) is 18.9 Å². The van der Waals surface area contributed by atoms with Crippen molar-refractivity contribution in [2.75, 3.05) is 20.1 Å². The van der Waals surface area contributed by atoms with E-state index in [9.17, 15) is 19.6 Å². The second-order valence-electron chi connectivity index (χ2n) is 11.7. The Morgan fingerprint density at radius 3 is 2.47 bits per heavy atom. The molecule has 0 aromatic carbocycles. The van der Waals surface area contributed by atoms with Crippen LogP contribution in [0, 0.1) is 40.4 Å². The van der Waals surface area contributed by atoms with Gasteiger partial charge in [0.05, 0.1) is 12.4 Å². The van der Waals surface area contributed by atoms with Crippen molar-refractivity contribution >= 4 is 24.4 Å². The predicted molar refractivity (Wildman–Crippen MR) is 141 cm³/mol. The van der Waals surface area contributed by atoms with Crippen molar-refractivity contribution in [1.29, 1.82) is 5.26 Å². The summed E-state index contributed by atoms with van der Waals surface area (Å²) < 4.78 is 0. The molecule has 0 spiro atoms. The minimum atomic E-state index is -0.658. The van der Waals surface area contributed by atoms with Gasteiger partial charge in [-0.2, -0.15) is 5.26 Å². The fourth-order valence-electron chi connectivity index (χ4n) is 5.27. The van der Waals surface area contributed by atoms with Gasteiger partial charge in [-0.1, -0.05) is 34.6 Å². The van der Waals surface area contributed by atoms with Crippen LogP contribution in [-0.4, -0.2) is 67.7 Å². The smallest absolute Gasteiger partial charge is 0.244 e. The number of nitriles is 1. The molecule has 2 amide bonds. The first-order valence-electron chi connectivity index (χ1n) is 13.4. The molecule has 0 saturated carbocycles. The van der Waals surface area contributed by atoms with Gasteiger partial charge in [0.2, 0.25) is 11.8 Å². The number of hydrogen-bond donors (Lipinski definition) is 3. The number of nitrogens with one attached hydrogen (secondary N) is 3. The third kappa shape index (κ3) is 8.58. The van der Waals surface area contributed by atoms with E-state index in [0.717, 1.165) is 44.9 Å². The lowest BCUT2D eigenvalue weighted by molar-refractivity contribution is -0.131. The van der Waals surface area contributed by atoms with Crippen LogP contribution in [0.5, 0.6) is 0 Å². The summed E-state index contributed by atoms with van der Waals surface area (Å²) in [6.45, 7) is 11.4. The molecule has 3 rings (SSSR count). The lowest BCUT2D eigenvalue weighted by Gasteiger charge is -2.34. The number of fused-ring (bicyclic) bond motifs is 2. The molecule has 2 fully saturated rings. The number of aliphatic imine (C=N–C) groups is 1. The van der Waals surface area contributed by atoms with Crippen molar-refractivity contribution in [3.05, 3.63) is 0 Å². The van der Waals surface area contributed by atoms with Gasteiger partial charge >= 0.3 is 0 Å². The van der Waals surface area contributed by atoms with Gasteiger partial charge in [0.1, 0.15) is 24.5 Å². The molecular formula is C27H46N6O3. The first kappa shape index (κ1) is 29.8. The average molecular weight is 503 g/mol. The van der Waals surface area contributed by atoms with Crippen LogP contribution in [-0.2, 0) is 14.4 Å². The number of amides is 2. The number of rotatable bonds is 2. The average Bonchev–Trinajstić information content (AvgIpc) is 3.26. The number of nitrogens with zero attached hydrogens (tertiary/aromatic N) is 3. The molecule has 0 radical (unpaired) electrons. The zero-order valence-corrected chi connectivity index (χ0v) is 22.9. The quantitative estimate of drug-likeness (QED) is 0.498. The number of aldehydes is 1. The lowest BCUT2D eigenvalue weighted by atomic mass is 9.78. The maximum atomic E-state index is 13.3. The molecule has 6 atom stereocenters. The minimum absolute atomic E-state index is 0.00234. The van der Waals surface area contributed by atoms with E-state index in [1.54, 1.807) is 0 Å². The molecule has 0 aromatic rings. The van der Waals surface area contributed by atoms with E-state index >= 15 is 0 Å². The second-order valence-corrected chi connectivity index (χ2v) is 11.7. The summed E-state index contributed by atoms with van der Waals surface area (Å²) in [6.07, 6.45) is 7.78. The Bertz CT molecular complexity index is 815. The lowest BCUT2D eigenvalue weighted by Crippen LogP contribution is -2.51. The number of hydrogen-bond acceptors (Lipinski definition) is 7. The highest BCUT2D eigenvalue weighted by Gasteiger charge is 2.41. The van der Waals surface area contributed by atoms with Crippen LogP contribution in [0.1, 0.15) is 73.1 Å². The molecule has 202 valence electrons. The summed E-state index contributed by atoms with van der Waals surface area (Å²) in [4.78, 5) is 42.4. The van der Waals surface area contributed by atoms with Gasteiger partial charge < -0.3 is 20.3 Å². The first-order chi connectivity index (χ1) is 17.0. The maximum Gasteiger partial charge on any atom is 0.244 e. The molecule has 3 heterocycles. The van der Waals surface area contributed by atoms with Crippen molar-refractivity contribution < 1.29 is 14.4 Å². The Hall–Kier alpha value is -2.47. The molecule has 3 N–H and O–H groups in total. The SMILES string of the molecule is CC(C)(C)C=O.CN[C@H]1CCC[C@H]2CCNC(=O)C2CC(C#N)NC(=O)C2[C@@H](C(C)C)CCN2/C=N/1. The molecule has 9 nitrogen and oxygen atoms in total. The van der Waals surface area contributed by atoms with Gasteiger partial charge in [-0.25, -0.2) is 0 Å². The molecule has 9 heteroatoms. The van der Waals surface area contributed by atoms with Crippen LogP contribution in [0.3, 0.4) is 0 Å². The molecule has 0 aliphatic carbocycles. The van der Waals surface area contributed by atoms with E-state index in [2.05, 4.69) is 35.9 Å². The van der Waals surface area contributed by atoms with Gasteiger partial charge in [0.25, 0.3) is 0 Å². The molecule has 2 saturated heterocycles. The Morgan fingerprint density at radius 1 is 1.19 bits per heavy atom. The van der Waals surface area contributed by atoms with Crippen LogP contribution >= 0.6 is 0 Å². The van der Waals surface area contributed by atoms with E-state index in [4.69, 9.17) is 4.99 Å². The largest absolute Gasteiger partial charge is 0.356 e. The monoisotopic (exact) mass is 502 g/mol. The first-order valence-corrected chi connectivity index (χ1v) is 13.4. The molecule has 3 unspecified atom stereocenters. The van der Waals surface area contributed by atoms with Crippen LogP contribution in [0.2, 0.25) is 0 Å². The van der Waals surface area contributed by atoms with Gasteiger partial charge in [0.15, 0.2) is 0 Å². The van der Waals surface area contributed by atoms with Crippen molar-refractivity contribution in [2.24, 2.45) is 34.1 Å². The predicted octanol–water partition coefficient (Wildman–Crippen LogP) is 2.47. The Balaban J connectivity index is 0.000000678. The van der Waals surface area contributed by atoms with Crippen molar-refractivity contribution in [3.63, 3.8) is 0 Å². The summed E-state index contributed by atoms with van der Waals surface area (Å²) in [6, 6.07) is 1.24. The van der Waals surface area contributed by atoms with E-state index < -0.39 is 6.04 Å². The summed E-state index contributed by atoms with van der Waals surface area (Å²) in [5, 5.41) is 18.9. The zero-order chi connectivity index (χ0) is 26.9. The normalized spacial score (nSPS) is 32.4. The van der Waals surface area contributed by atoms with Crippen molar-refractivity contribution in [1.82, 2.24) is 20.9 Å². The highest BCUT2D eigenvalue weighted by Crippen LogP contribution is 2.32. The van der Waals surface area contributed by atoms with E-state index in [-0.39, 0.29) is 47.2 Å². The third-order valence-electron chi connectivity index (χ3n) is 7.42. The Morgan fingerprint density at radius 2 is 1.89 bits per heavy atom. The third-order valence-corrected chi connectivity index (χ3v) is 7.42. The summed E-state index contributed by atoms with van der Waals surface area (Å²) in [7, 11) is 1.91. The number of carbonyl (C=O) groups excluding carboxylic acids is 3. The highest BCUT2D eigenvalue weighted by atomic mass is 16.2. The highest BCUT2D eigenvalue weighted by molar-refractivity contribution is 5.86. The second kappa shape index (κ2) is 13.7. The molecular weight excluding hydrogens is 456 g/mol. The van der Waals surface area contributed by atoms with Crippen LogP contribution in [0.4, 0.5) is 0 Å². The van der Waals surface area contributed by atoms with Gasteiger partial charge in [0, 0.05) is 24.4 Å². The fraction of sp³-hybridized carbons (Fsp3) is 0.815. The van der Waals surface area contributed by atoms with Crippen LogP contribution < -0.4 is 16.0 Å². The van der Waals surface area contributed by atoms with Crippen molar-refractivity contribution in [3.8, 4) is 6.07 Å². The number of piperidine rings is 1. The van der Waals surface area contributed by atoms with E-state index in [1.807, 2.05) is 39.1 Å². The van der Waals surface area contributed by atoms with Crippen molar-refractivity contribution in [2.45, 2.75) is 91.4 Å². The minimum Gasteiger partial charge on any atom is -0.356 e. The van der Waals surface area contributed by atoms with Gasteiger partial charge in [-0.05, 0) is 63.3 Å². The summed E-state index contributed by atoms with van der Waals surface area (Å²) in [5.41, 5.74) is -0.139. The summed E-state index contributed by atoms with van der Waals surface area (Å²) >= 11 is 0. The van der Waals surface area contributed by atoms with Crippen LogP contribution in [0.15, 0.2) is 4.99 Å². The Labute approximate surface area is 216 Å². The Kier molecular flexibility index (Phi) is 11.4.